The maximum atomic E-state index is 11.1. The summed E-state index contributed by atoms with van der Waals surface area (Å²) in [7, 11) is 0. The molecule has 4 rings (SSSR count). The van der Waals surface area contributed by atoms with Gasteiger partial charge in [-0.3, -0.25) is 9.36 Å². The lowest BCUT2D eigenvalue weighted by Gasteiger charge is -2.14. The van der Waals surface area contributed by atoms with Crippen molar-refractivity contribution >= 4 is 17.7 Å². The molecule has 2 aromatic rings. The third-order valence-electron chi connectivity index (χ3n) is 4.10. The highest BCUT2D eigenvalue weighted by Crippen LogP contribution is 2.36. The maximum Gasteiger partial charge on any atom is 0.231 e. The number of benzene rings is 1. The van der Waals surface area contributed by atoms with E-state index >= 15 is 0 Å². The van der Waals surface area contributed by atoms with Crippen LogP contribution < -0.4 is 15.2 Å². The molecule has 1 aromatic heterocycles. The lowest BCUT2D eigenvalue weighted by molar-refractivity contribution is -0.115. The second-order valence-corrected chi connectivity index (χ2v) is 6.82. The molecular formula is C16H18N4O4S. The first-order valence-corrected chi connectivity index (χ1v) is 9.05. The number of hydrogen-bond donors (Lipinski definition) is 1. The molecule has 0 spiro atoms. The van der Waals surface area contributed by atoms with Crippen molar-refractivity contribution in [3.05, 3.63) is 18.2 Å². The minimum atomic E-state index is -0.388. The van der Waals surface area contributed by atoms with Gasteiger partial charge in [0.25, 0.3) is 0 Å². The highest BCUT2D eigenvalue weighted by molar-refractivity contribution is 7.99. The number of fused-ring (bicyclic) bond motifs is 1. The van der Waals surface area contributed by atoms with E-state index in [1.807, 2.05) is 22.8 Å². The number of nitrogens with two attached hydrogens (primary N) is 1. The van der Waals surface area contributed by atoms with E-state index in [0.29, 0.717) is 23.3 Å². The van der Waals surface area contributed by atoms with E-state index in [4.69, 9.17) is 19.9 Å². The number of hydrogen-bond acceptors (Lipinski definition) is 7. The molecule has 0 aliphatic carbocycles. The Bertz CT molecular complexity index is 788. The quantitative estimate of drug-likeness (QED) is 0.776. The van der Waals surface area contributed by atoms with E-state index in [0.717, 1.165) is 30.8 Å². The molecule has 2 aliphatic heterocycles. The Hall–Kier alpha value is -2.26. The van der Waals surface area contributed by atoms with Gasteiger partial charge in [-0.1, -0.05) is 11.8 Å². The zero-order chi connectivity index (χ0) is 17.2. The fraction of sp³-hybridized carbons (Fsp3) is 0.438. The molecule has 9 heteroatoms. The second-order valence-electron chi connectivity index (χ2n) is 5.87. The van der Waals surface area contributed by atoms with Crippen LogP contribution in [0.15, 0.2) is 23.4 Å². The first-order chi connectivity index (χ1) is 12.2. The number of rotatable bonds is 6. The van der Waals surface area contributed by atoms with E-state index in [2.05, 4.69) is 10.2 Å². The van der Waals surface area contributed by atoms with Gasteiger partial charge in [0.05, 0.1) is 18.4 Å². The predicted molar refractivity (Wildman–Crippen MR) is 90.5 cm³/mol. The lowest BCUT2D eigenvalue weighted by atomic mass is 10.2. The van der Waals surface area contributed by atoms with Crippen molar-refractivity contribution in [2.45, 2.75) is 30.6 Å². The highest BCUT2D eigenvalue weighted by Gasteiger charge is 2.23. The summed E-state index contributed by atoms with van der Waals surface area (Å²) in [5.41, 5.74) is 6.14. The summed E-state index contributed by atoms with van der Waals surface area (Å²) in [5, 5.41) is 9.22. The molecule has 2 aliphatic rings. The zero-order valence-electron chi connectivity index (χ0n) is 13.5. The molecule has 1 atom stereocenters. The number of primary amides is 1. The van der Waals surface area contributed by atoms with Crippen LogP contribution in [-0.2, 0) is 16.1 Å². The fourth-order valence-corrected chi connectivity index (χ4v) is 3.62. The topological polar surface area (TPSA) is 101 Å². The van der Waals surface area contributed by atoms with Crippen molar-refractivity contribution < 1.29 is 19.0 Å². The number of aromatic nitrogens is 3. The molecule has 1 amide bonds. The number of thioether (sulfide) groups is 1. The van der Waals surface area contributed by atoms with Crippen molar-refractivity contribution in [1.82, 2.24) is 14.8 Å². The minimum Gasteiger partial charge on any atom is -0.454 e. The molecule has 1 saturated heterocycles. The largest absolute Gasteiger partial charge is 0.454 e. The molecule has 0 bridgehead atoms. The van der Waals surface area contributed by atoms with Crippen LogP contribution in [0.4, 0.5) is 0 Å². The van der Waals surface area contributed by atoms with Crippen molar-refractivity contribution in [1.29, 1.82) is 0 Å². The van der Waals surface area contributed by atoms with Crippen molar-refractivity contribution in [3.8, 4) is 22.9 Å². The third-order valence-corrected chi connectivity index (χ3v) is 5.09. The molecule has 8 nitrogen and oxygen atoms in total. The van der Waals surface area contributed by atoms with Crippen LogP contribution in [-0.4, -0.2) is 45.9 Å². The molecule has 25 heavy (non-hydrogen) atoms. The van der Waals surface area contributed by atoms with Crippen LogP contribution in [0.3, 0.4) is 0 Å². The molecule has 132 valence electrons. The summed E-state index contributed by atoms with van der Waals surface area (Å²) >= 11 is 1.28. The van der Waals surface area contributed by atoms with Crippen LogP contribution in [0.1, 0.15) is 12.8 Å². The van der Waals surface area contributed by atoms with Gasteiger partial charge in [0.2, 0.25) is 12.7 Å². The van der Waals surface area contributed by atoms with Gasteiger partial charge in [0.15, 0.2) is 22.5 Å². The summed E-state index contributed by atoms with van der Waals surface area (Å²) in [6.07, 6.45) is 2.17. The second kappa shape index (κ2) is 6.93. The summed E-state index contributed by atoms with van der Waals surface area (Å²) in [6.45, 7) is 1.63. The standard InChI is InChI=1S/C16H18N4O4S/c17-14(21)8-25-16-19-18-15(20(16)7-11-2-1-5-22-11)10-3-4-12-13(6-10)24-9-23-12/h3-4,6,11H,1-2,5,7-9H2,(H2,17,21). The van der Waals surface area contributed by atoms with E-state index in [-0.39, 0.29) is 24.6 Å². The van der Waals surface area contributed by atoms with Gasteiger partial charge in [-0.15, -0.1) is 10.2 Å². The fourth-order valence-electron chi connectivity index (χ4n) is 2.94. The number of amides is 1. The van der Waals surface area contributed by atoms with E-state index < -0.39 is 0 Å². The van der Waals surface area contributed by atoms with Gasteiger partial charge >= 0.3 is 0 Å². The summed E-state index contributed by atoms with van der Waals surface area (Å²) in [4.78, 5) is 11.1. The van der Waals surface area contributed by atoms with Gasteiger partial charge in [0.1, 0.15) is 0 Å². The Morgan fingerprint density at radius 2 is 2.20 bits per heavy atom. The predicted octanol–water partition coefficient (Wildman–Crippen LogP) is 1.43. The molecule has 0 radical (unpaired) electrons. The Morgan fingerprint density at radius 3 is 3.00 bits per heavy atom. The normalized spacial score (nSPS) is 18.6. The van der Waals surface area contributed by atoms with Crippen molar-refractivity contribution in [2.75, 3.05) is 19.2 Å². The Morgan fingerprint density at radius 1 is 1.32 bits per heavy atom. The van der Waals surface area contributed by atoms with E-state index in [1.54, 1.807) is 0 Å². The van der Waals surface area contributed by atoms with Crippen LogP contribution >= 0.6 is 11.8 Å². The highest BCUT2D eigenvalue weighted by atomic mass is 32.2. The summed E-state index contributed by atoms with van der Waals surface area (Å²) in [6, 6.07) is 5.67. The summed E-state index contributed by atoms with van der Waals surface area (Å²) in [5.74, 6) is 1.89. The molecule has 3 heterocycles. The molecule has 0 saturated carbocycles. The lowest BCUT2D eigenvalue weighted by Crippen LogP contribution is -2.18. The average Bonchev–Trinajstić information content (AvgIpc) is 3.33. The molecule has 1 unspecified atom stereocenters. The average molecular weight is 362 g/mol. The number of carbonyl (C=O) groups excluding carboxylic acids is 1. The first kappa shape index (κ1) is 16.2. The number of ether oxygens (including phenoxy) is 3. The summed E-state index contributed by atoms with van der Waals surface area (Å²) < 4.78 is 18.5. The molecule has 2 N–H and O–H groups in total. The maximum absolute atomic E-state index is 11.1. The van der Waals surface area contributed by atoms with Crippen LogP contribution in [0, 0.1) is 0 Å². The van der Waals surface area contributed by atoms with Crippen LogP contribution in [0.5, 0.6) is 11.5 Å². The van der Waals surface area contributed by atoms with E-state index in [1.165, 1.54) is 11.8 Å². The van der Waals surface area contributed by atoms with Crippen molar-refractivity contribution in [3.63, 3.8) is 0 Å². The van der Waals surface area contributed by atoms with Gasteiger partial charge in [0, 0.05) is 12.2 Å². The number of carbonyl (C=O) groups is 1. The first-order valence-electron chi connectivity index (χ1n) is 8.06. The Balaban J connectivity index is 1.66. The molecule has 1 aromatic carbocycles. The molecular weight excluding hydrogens is 344 g/mol. The third kappa shape index (κ3) is 3.42. The monoisotopic (exact) mass is 362 g/mol. The smallest absolute Gasteiger partial charge is 0.231 e. The van der Waals surface area contributed by atoms with Crippen LogP contribution in [0.2, 0.25) is 0 Å². The van der Waals surface area contributed by atoms with E-state index in [9.17, 15) is 4.79 Å². The minimum absolute atomic E-state index is 0.122. The van der Waals surface area contributed by atoms with Gasteiger partial charge in [-0.25, -0.2) is 0 Å². The van der Waals surface area contributed by atoms with Gasteiger partial charge < -0.3 is 19.9 Å². The number of nitrogens with zero attached hydrogens (tertiary/aromatic N) is 3. The SMILES string of the molecule is NC(=O)CSc1nnc(-c2ccc3c(c2)OCO3)n1CC1CCCO1. The Labute approximate surface area is 148 Å². The van der Waals surface area contributed by atoms with Crippen molar-refractivity contribution in [2.24, 2.45) is 5.73 Å². The zero-order valence-corrected chi connectivity index (χ0v) is 14.3. The Kier molecular flexibility index (Phi) is 4.50. The molecule has 1 fully saturated rings. The van der Waals surface area contributed by atoms with Gasteiger partial charge in [-0.2, -0.15) is 0 Å². The van der Waals surface area contributed by atoms with Gasteiger partial charge in [-0.05, 0) is 31.0 Å². The van der Waals surface area contributed by atoms with Crippen LogP contribution in [0.25, 0.3) is 11.4 Å².